The Morgan fingerprint density at radius 3 is 2.31 bits per heavy atom. The molecular formula is C26H36F3NO2. The molecule has 1 fully saturated rings. The standard InChI is InChI=1S/C26H36F3NO2/c1-2-32-25(31)15-9-7-5-3-4-6-8-14-21-22-18-19-30(20-12-10-11-13-20)24(22)17-16-23(21)26(27,28)29/h16-20H,2-15H2,1H3. The highest BCUT2D eigenvalue weighted by Crippen LogP contribution is 2.39. The number of alkyl halides is 3. The van der Waals surface area contributed by atoms with Crippen LogP contribution in [0.1, 0.15) is 101 Å². The molecule has 0 spiro atoms. The lowest BCUT2D eigenvalue weighted by atomic mass is 9.96. The molecule has 0 saturated heterocycles. The van der Waals surface area contributed by atoms with Crippen LogP contribution in [0.3, 0.4) is 0 Å². The van der Waals surface area contributed by atoms with Crippen LogP contribution >= 0.6 is 0 Å². The molecule has 32 heavy (non-hydrogen) atoms. The third kappa shape index (κ3) is 6.52. The number of rotatable bonds is 12. The molecular weight excluding hydrogens is 415 g/mol. The van der Waals surface area contributed by atoms with Gasteiger partial charge in [0.05, 0.1) is 12.2 Å². The highest BCUT2D eigenvalue weighted by molar-refractivity contribution is 5.85. The van der Waals surface area contributed by atoms with E-state index in [1.54, 1.807) is 13.0 Å². The second-order valence-corrected chi connectivity index (χ2v) is 8.96. The van der Waals surface area contributed by atoms with Crippen LogP contribution in [0.4, 0.5) is 13.2 Å². The number of esters is 1. The fraction of sp³-hybridized carbons (Fsp3) is 0.654. The molecule has 1 aliphatic carbocycles. The molecule has 1 aliphatic rings. The number of halogens is 3. The Kier molecular flexibility index (Phi) is 9.06. The number of aromatic nitrogens is 1. The summed E-state index contributed by atoms with van der Waals surface area (Å²) in [4.78, 5) is 11.3. The van der Waals surface area contributed by atoms with Gasteiger partial charge in [0.25, 0.3) is 0 Å². The molecule has 3 rings (SSSR count). The molecule has 0 N–H and O–H groups in total. The smallest absolute Gasteiger partial charge is 0.416 e. The Hall–Kier alpha value is -1.98. The summed E-state index contributed by atoms with van der Waals surface area (Å²) in [6.07, 6.45) is 9.85. The highest BCUT2D eigenvalue weighted by Gasteiger charge is 2.34. The first-order chi connectivity index (χ1) is 15.4. The van der Waals surface area contributed by atoms with Crippen LogP contribution in [0.5, 0.6) is 0 Å². The van der Waals surface area contributed by atoms with Crippen molar-refractivity contribution >= 4 is 16.9 Å². The molecule has 0 bridgehead atoms. The van der Waals surface area contributed by atoms with E-state index in [0.29, 0.717) is 31.1 Å². The summed E-state index contributed by atoms with van der Waals surface area (Å²) in [7, 11) is 0. The lowest BCUT2D eigenvalue weighted by Gasteiger charge is -2.17. The number of aryl methyl sites for hydroxylation is 1. The van der Waals surface area contributed by atoms with E-state index in [-0.39, 0.29) is 5.97 Å². The lowest BCUT2D eigenvalue weighted by molar-refractivity contribution is -0.143. The molecule has 1 heterocycles. The average Bonchev–Trinajstić information content (AvgIpc) is 3.41. The maximum absolute atomic E-state index is 13.7. The monoisotopic (exact) mass is 451 g/mol. The van der Waals surface area contributed by atoms with Crippen LogP contribution in [-0.2, 0) is 22.1 Å². The van der Waals surface area contributed by atoms with Gasteiger partial charge in [0.2, 0.25) is 0 Å². The van der Waals surface area contributed by atoms with Crippen molar-refractivity contribution in [2.75, 3.05) is 6.61 Å². The molecule has 0 atom stereocenters. The second kappa shape index (κ2) is 11.8. The molecule has 1 aromatic heterocycles. The van der Waals surface area contributed by atoms with E-state index in [2.05, 4.69) is 4.57 Å². The van der Waals surface area contributed by atoms with E-state index in [4.69, 9.17) is 4.74 Å². The molecule has 178 valence electrons. The van der Waals surface area contributed by atoms with Crippen molar-refractivity contribution in [3.63, 3.8) is 0 Å². The normalized spacial score (nSPS) is 15.0. The minimum Gasteiger partial charge on any atom is -0.466 e. The number of hydrogen-bond acceptors (Lipinski definition) is 2. The maximum atomic E-state index is 13.7. The van der Waals surface area contributed by atoms with E-state index in [1.807, 2.05) is 12.3 Å². The number of unbranched alkanes of at least 4 members (excludes halogenated alkanes) is 6. The molecule has 6 heteroatoms. The summed E-state index contributed by atoms with van der Waals surface area (Å²) in [5.41, 5.74) is 0.927. The van der Waals surface area contributed by atoms with Crippen LogP contribution in [0, 0.1) is 0 Å². The molecule has 0 radical (unpaired) electrons. The van der Waals surface area contributed by atoms with Gasteiger partial charge in [-0.3, -0.25) is 4.79 Å². The molecule has 1 aromatic carbocycles. The Bertz CT molecular complexity index is 866. The van der Waals surface area contributed by atoms with Crippen LogP contribution in [0.25, 0.3) is 10.9 Å². The zero-order valence-corrected chi connectivity index (χ0v) is 19.2. The minimum absolute atomic E-state index is 0.135. The number of fused-ring (bicyclic) bond motifs is 1. The fourth-order valence-corrected chi connectivity index (χ4v) is 5.02. The van der Waals surface area contributed by atoms with Gasteiger partial charge in [0.1, 0.15) is 0 Å². The molecule has 3 nitrogen and oxygen atoms in total. The predicted molar refractivity (Wildman–Crippen MR) is 122 cm³/mol. The number of ether oxygens (including phenoxy) is 1. The van der Waals surface area contributed by atoms with Gasteiger partial charge < -0.3 is 9.30 Å². The Labute approximate surface area is 189 Å². The van der Waals surface area contributed by atoms with Crippen LogP contribution in [-0.4, -0.2) is 17.1 Å². The number of benzene rings is 1. The second-order valence-electron chi connectivity index (χ2n) is 8.96. The summed E-state index contributed by atoms with van der Waals surface area (Å²) in [6.45, 7) is 2.23. The van der Waals surface area contributed by atoms with Crippen molar-refractivity contribution in [1.82, 2.24) is 4.57 Å². The van der Waals surface area contributed by atoms with Gasteiger partial charge in [-0.15, -0.1) is 0 Å². The fourth-order valence-electron chi connectivity index (χ4n) is 5.02. The Morgan fingerprint density at radius 2 is 1.66 bits per heavy atom. The van der Waals surface area contributed by atoms with Crippen LogP contribution in [0.15, 0.2) is 24.4 Å². The molecule has 1 saturated carbocycles. The topological polar surface area (TPSA) is 31.2 Å². The first-order valence-corrected chi connectivity index (χ1v) is 12.3. The number of hydrogen-bond donors (Lipinski definition) is 0. The highest BCUT2D eigenvalue weighted by atomic mass is 19.4. The molecule has 2 aromatic rings. The number of carbonyl (C=O) groups excluding carboxylic acids is 1. The lowest BCUT2D eigenvalue weighted by Crippen LogP contribution is -2.10. The van der Waals surface area contributed by atoms with Gasteiger partial charge in [-0.2, -0.15) is 13.2 Å². The van der Waals surface area contributed by atoms with Gasteiger partial charge >= 0.3 is 12.1 Å². The zero-order valence-electron chi connectivity index (χ0n) is 19.2. The third-order valence-electron chi connectivity index (χ3n) is 6.65. The van der Waals surface area contributed by atoms with Gasteiger partial charge in [0, 0.05) is 29.6 Å². The first kappa shape index (κ1) is 24.7. The first-order valence-electron chi connectivity index (χ1n) is 12.3. The summed E-state index contributed by atoms with van der Waals surface area (Å²) in [5.74, 6) is -0.135. The number of carbonyl (C=O) groups is 1. The molecule has 0 aliphatic heterocycles. The van der Waals surface area contributed by atoms with Crippen molar-refractivity contribution < 1.29 is 22.7 Å². The summed E-state index contributed by atoms with van der Waals surface area (Å²) in [6, 6.07) is 5.26. The third-order valence-corrected chi connectivity index (χ3v) is 6.65. The summed E-state index contributed by atoms with van der Waals surface area (Å²) in [5, 5.41) is 0.769. The van der Waals surface area contributed by atoms with Gasteiger partial charge in [-0.05, 0) is 62.8 Å². The number of nitrogens with zero attached hydrogens (tertiary/aromatic N) is 1. The SMILES string of the molecule is CCOC(=O)CCCCCCCCCc1c(C(F)(F)F)ccc2c1ccn2C1CCCC1. The maximum Gasteiger partial charge on any atom is 0.416 e. The average molecular weight is 452 g/mol. The van der Waals surface area contributed by atoms with Crippen LogP contribution < -0.4 is 0 Å². The largest absolute Gasteiger partial charge is 0.466 e. The Balaban J connectivity index is 1.52. The zero-order chi connectivity index (χ0) is 23.0. The van der Waals surface area contributed by atoms with Crippen molar-refractivity contribution in [2.45, 2.75) is 103 Å². The van der Waals surface area contributed by atoms with Gasteiger partial charge in [-0.25, -0.2) is 0 Å². The van der Waals surface area contributed by atoms with Gasteiger partial charge in [-0.1, -0.05) is 44.9 Å². The van der Waals surface area contributed by atoms with E-state index in [0.717, 1.165) is 68.7 Å². The van der Waals surface area contributed by atoms with Crippen molar-refractivity contribution in [1.29, 1.82) is 0 Å². The van der Waals surface area contributed by atoms with E-state index in [9.17, 15) is 18.0 Å². The van der Waals surface area contributed by atoms with E-state index < -0.39 is 11.7 Å². The minimum atomic E-state index is -4.32. The summed E-state index contributed by atoms with van der Waals surface area (Å²) >= 11 is 0. The predicted octanol–water partition coefficient (Wildman–Crippen LogP) is 8.00. The molecule has 0 unspecified atom stereocenters. The molecule has 0 amide bonds. The van der Waals surface area contributed by atoms with Gasteiger partial charge in [0.15, 0.2) is 0 Å². The van der Waals surface area contributed by atoms with Crippen molar-refractivity contribution in [3.05, 3.63) is 35.5 Å². The van der Waals surface area contributed by atoms with Crippen molar-refractivity contribution in [2.24, 2.45) is 0 Å². The van der Waals surface area contributed by atoms with Crippen LogP contribution in [0.2, 0.25) is 0 Å². The summed E-state index contributed by atoms with van der Waals surface area (Å²) < 4.78 is 48.2. The van der Waals surface area contributed by atoms with E-state index >= 15 is 0 Å². The quantitative estimate of drug-likeness (QED) is 0.242. The van der Waals surface area contributed by atoms with Crippen molar-refractivity contribution in [3.8, 4) is 0 Å². The Morgan fingerprint density at radius 1 is 1.00 bits per heavy atom. The van der Waals surface area contributed by atoms with E-state index in [1.165, 1.54) is 18.9 Å².